The number of hydrogen-bond acceptors (Lipinski definition) is 6. The van der Waals surface area contributed by atoms with Gasteiger partial charge in [-0.2, -0.15) is 4.31 Å². The van der Waals surface area contributed by atoms with Crippen molar-refractivity contribution in [1.29, 1.82) is 0 Å². The lowest BCUT2D eigenvalue weighted by Gasteiger charge is -2.22. The summed E-state index contributed by atoms with van der Waals surface area (Å²) in [7, 11) is -3.75. The van der Waals surface area contributed by atoms with Crippen LogP contribution in [-0.4, -0.2) is 50.5 Å². The van der Waals surface area contributed by atoms with Gasteiger partial charge in [0.15, 0.2) is 0 Å². The molecule has 9 nitrogen and oxygen atoms in total. The first-order valence-corrected chi connectivity index (χ1v) is 9.69. The van der Waals surface area contributed by atoms with Crippen molar-refractivity contribution >= 4 is 21.8 Å². The van der Waals surface area contributed by atoms with Crippen LogP contribution in [0.4, 0.5) is 0 Å². The molecule has 1 aromatic carbocycles. The maximum atomic E-state index is 12.7. The molecule has 2 aromatic rings. The summed E-state index contributed by atoms with van der Waals surface area (Å²) in [6, 6.07) is 11.3. The Kier molecular flexibility index (Phi) is 5.89. The molecule has 0 saturated carbocycles. The van der Waals surface area contributed by atoms with E-state index in [1.54, 1.807) is 30.3 Å². The third-order valence-electron chi connectivity index (χ3n) is 3.94. The molecule has 1 aromatic heterocycles. The average molecular weight is 393 g/mol. The van der Waals surface area contributed by atoms with Crippen LogP contribution in [0.1, 0.15) is 5.76 Å². The zero-order valence-corrected chi connectivity index (χ0v) is 15.1. The van der Waals surface area contributed by atoms with E-state index >= 15 is 0 Å². The molecule has 1 aliphatic heterocycles. The van der Waals surface area contributed by atoms with Crippen molar-refractivity contribution in [1.82, 2.24) is 14.9 Å². The number of benzene rings is 1. The van der Waals surface area contributed by atoms with Gasteiger partial charge in [0.05, 0.1) is 30.9 Å². The van der Waals surface area contributed by atoms with E-state index in [1.165, 1.54) is 22.7 Å². The van der Waals surface area contributed by atoms with Gasteiger partial charge in [0.25, 0.3) is 0 Å². The summed E-state index contributed by atoms with van der Waals surface area (Å²) in [5.41, 5.74) is 0. The van der Waals surface area contributed by atoms with Crippen molar-refractivity contribution < 1.29 is 27.2 Å². The molecule has 1 saturated heterocycles. The second kappa shape index (κ2) is 8.33. The molecule has 0 unspecified atom stereocenters. The zero-order chi connectivity index (χ0) is 19.3. The highest BCUT2D eigenvalue weighted by Gasteiger charge is 2.36. The average Bonchev–Trinajstić information content (AvgIpc) is 3.36. The van der Waals surface area contributed by atoms with Gasteiger partial charge in [0, 0.05) is 6.54 Å². The number of nitrogens with zero attached hydrogens (tertiary/aromatic N) is 1. The van der Waals surface area contributed by atoms with E-state index in [9.17, 15) is 18.0 Å². The number of ether oxygens (including phenoxy) is 1. The van der Waals surface area contributed by atoms with Crippen LogP contribution in [0.15, 0.2) is 58.0 Å². The van der Waals surface area contributed by atoms with Gasteiger partial charge in [-0.1, -0.05) is 18.2 Å². The molecular formula is C17H19N3O6S. The van der Waals surface area contributed by atoms with Crippen molar-refractivity contribution in [3.8, 4) is 0 Å². The fourth-order valence-corrected chi connectivity index (χ4v) is 4.12. The van der Waals surface area contributed by atoms with Crippen molar-refractivity contribution in [3.63, 3.8) is 0 Å². The van der Waals surface area contributed by atoms with Crippen LogP contribution in [0.5, 0.6) is 0 Å². The van der Waals surface area contributed by atoms with E-state index in [0.29, 0.717) is 5.76 Å². The predicted molar refractivity (Wildman–Crippen MR) is 93.6 cm³/mol. The second-order valence-corrected chi connectivity index (χ2v) is 7.62. The Hall–Kier alpha value is -2.69. The first kappa shape index (κ1) is 19.1. The Balaban J connectivity index is 1.55. The minimum absolute atomic E-state index is 0.0771. The Bertz CT molecular complexity index is 883. The van der Waals surface area contributed by atoms with Crippen LogP contribution >= 0.6 is 0 Å². The van der Waals surface area contributed by atoms with Gasteiger partial charge in [-0.25, -0.2) is 8.42 Å². The molecule has 0 radical (unpaired) electrons. The third kappa shape index (κ3) is 4.54. The lowest BCUT2D eigenvalue weighted by Crippen LogP contribution is -2.47. The van der Waals surface area contributed by atoms with Gasteiger partial charge in [-0.05, 0) is 24.3 Å². The highest BCUT2D eigenvalue weighted by atomic mass is 32.2. The lowest BCUT2D eigenvalue weighted by molar-refractivity contribution is -0.139. The molecule has 1 fully saturated rings. The number of furan rings is 1. The molecule has 144 valence electrons. The zero-order valence-electron chi connectivity index (χ0n) is 14.3. The SMILES string of the molecule is O=C(NCc1ccco1)C(=O)NC[C@H]1OCCN1S(=O)(=O)c1ccccc1. The minimum atomic E-state index is -3.75. The quantitative estimate of drug-likeness (QED) is 0.670. The van der Waals surface area contributed by atoms with Crippen LogP contribution in [0.3, 0.4) is 0 Å². The molecule has 10 heteroatoms. The van der Waals surface area contributed by atoms with E-state index in [0.717, 1.165) is 0 Å². The number of amides is 2. The van der Waals surface area contributed by atoms with E-state index in [1.807, 2.05) is 0 Å². The van der Waals surface area contributed by atoms with Gasteiger partial charge in [0.1, 0.15) is 12.0 Å². The number of carbonyl (C=O) groups excluding carboxylic acids is 2. The Morgan fingerprint density at radius 3 is 2.52 bits per heavy atom. The number of rotatable bonds is 6. The molecule has 1 atom stereocenters. The summed E-state index contributed by atoms with van der Waals surface area (Å²) in [4.78, 5) is 23.9. The van der Waals surface area contributed by atoms with Gasteiger partial charge in [-0.3, -0.25) is 9.59 Å². The highest BCUT2D eigenvalue weighted by molar-refractivity contribution is 7.89. The Labute approximate surface area is 156 Å². The first-order chi connectivity index (χ1) is 13.0. The van der Waals surface area contributed by atoms with Gasteiger partial charge < -0.3 is 19.8 Å². The molecule has 0 bridgehead atoms. The largest absolute Gasteiger partial charge is 0.467 e. The molecule has 0 spiro atoms. The van der Waals surface area contributed by atoms with Crippen LogP contribution in [0.25, 0.3) is 0 Å². The van der Waals surface area contributed by atoms with Crippen molar-refractivity contribution in [2.24, 2.45) is 0 Å². The molecule has 2 heterocycles. The van der Waals surface area contributed by atoms with E-state index in [2.05, 4.69) is 10.6 Å². The van der Waals surface area contributed by atoms with Crippen LogP contribution in [-0.2, 0) is 30.9 Å². The van der Waals surface area contributed by atoms with Crippen LogP contribution < -0.4 is 10.6 Å². The monoisotopic (exact) mass is 393 g/mol. The Morgan fingerprint density at radius 1 is 1.07 bits per heavy atom. The number of hydrogen-bond donors (Lipinski definition) is 2. The summed E-state index contributed by atoms with van der Waals surface area (Å²) in [6.45, 7) is 0.312. The Morgan fingerprint density at radius 2 is 1.81 bits per heavy atom. The summed E-state index contributed by atoms with van der Waals surface area (Å²) < 4.78 is 37.0. The summed E-state index contributed by atoms with van der Waals surface area (Å²) in [5.74, 6) is -1.22. The van der Waals surface area contributed by atoms with E-state index in [-0.39, 0.29) is 31.1 Å². The summed E-state index contributed by atoms with van der Waals surface area (Å²) >= 11 is 0. The topological polar surface area (TPSA) is 118 Å². The smallest absolute Gasteiger partial charge is 0.309 e. The lowest BCUT2D eigenvalue weighted by atomic mass is 10.4. The summed E-state index contributed by atoms with van der Waals surface area (Å²) in [6.07, 6.45) is 0.581. The molecule has 1 aliphatic rings. The van der Waals surface area contributed by atoms with Gasteiger partial charge in [0.2, 0.25) is 10.0 Å². The number of carbonyl (C=O) groups is 2. The van der Waals surface area contributed by atoms with Gasteiger partial charge >= 0.3 is 11.8 Å². The molecular weight excluding hydrogens is 374 g/mol. The molecule has 27 heavy (non-hydrogen) atoms. The first-order valence-electron chi connectivity index (χ1n) is 8.25. The van der Waals surface area contributed by atoms with Crippen molar-refractivity contribution in [2.45, 2.75) is 17.7 Å². The normalized spacial score (nSPS) is 17.6. The third-order valence-corrected chi connectivity index (χ3v) is 5.84. The van der Waals surface area contributed by atoms with Crippen molar-refractivity contribution in [3.05, 3.63) is 54.5 Å². The molecule has 3 rings (SSSR count). The minimum Gasteiger partial charge on any atom is -0.467 e. The second-order valence-electron chi connectivity index (χ2n) is 5.73. The van der Waals surface area contributed by atoms with Crippen LogP contribution in [0.2, 0.25) is 0 Å². The fraction of sp³-hybridized carbons (Fsp3) is 0.294. The summed E-state index contributed by atoms with van der Waals surface area (Å²) in [5, 5.41) is 4.81. The maximum absolute atomic E-state index is 12.7. The molecule has 0 aliphatic carbocycles. The standard InChI is InChI=1S/C17H19N3O6S/c21-16(18-11-13-5-4-9-25-13)17(22)19-12-15-20(8-10-26-15)27(23,24)14-6-2-1-3-7-14/h1-7,9,15H,8,10-12H2,(H,18,21)(H,19,22)/t15-/m1/s1. The number of sulfonamides is 1. The van der Waals surface area contributed by atoms with Crippen LogP contribution in [0, 0.1) is 0 Å². The highest BCUT2D eigenvalue weighted by Crippen LogP contribution is 2.21. The van der Waals surface area contributed by atoms with Crippen molar-refractivity contribution in [2.75, 3.05) is 19.7 Å². The maximum Gasteiger partial charge on any atom is 0.309 e. The van der Waals surface area contributed by atoms with E-state index in [4.69, 9.17) is 9.15 Å². The van der Waals surface area contributed by atoms with E-state index < -0.39 is 28.1 Å². The molecule has 2 amide bonds. The van der Waals surface area contributed by atoms with Gasteiger partial charge in [-0.15, -0.1) is 0 Å². The predicted octanol–water partition coefficient (Wildman–Crippen LogP) is 0.0592. The molecule has 2 N–H and O–H groups in total. The number of nitrogens with one attached hydrogen (secondary N) is 2. The fourth-order valence-electron chi connectivity index (χ4n) is 2.59.